The Hall–Kier alpha value is -1.85. The highest BCUT2D eigenvalue weighted by Gasteiger charge is 2.29. The van der Waals surface area contributed by atoms with Crippen molar-refractivity contribution in [3.8, 4) is 11.3 Å². The summed E-state index contributed by atoms with van der Waals surface area (Å²) in [5, 5.41) is 3.29. The normalized spacial score (nSPS) is 29.9. The van der Waals surface area contributed by atoms with Crippen LogP contribution < -0.4 is 5.32 Å². The molecule has 0 aromatic heterocycles. The van der Waals surface area contributed by atoms with E-state index in [1.165, 1.54) is 62.7 Å². The van der Waals surface area contributed by atoms with E-state index in [0.29, 0.717) is 18.7 Å². The summed E-state index contributed by atoms with van der Waals surface area (Å²) in [7, 11) is 0. The molecule has 1 amide bonds. The Balaban J connectivity index is 1.11. The number of likely N-dealkylation sites (tertiary alicyclic amines) is 1. The third-order valence-electron chi connectivity index (χ3n) is 7.77. The first-order valence-corrected chi connectivity index (χ1v) is 12.4. The maximum atomic E-state index is 12.4. The van der Waals surface area contributed by atoms with E-state index in [1.807, 2.05) is 12.3 Å². The summed E-state index contributed by atoms with van der Waals surface area (Å²) in [5.41, 5.74) is 2.55. The van der Waals surface area contributed by atoms with E-state index in [0.717, 1.165) is 37.5 Å². The van der Waals surface area contributed by atoms with E-state index in [1.54, 1.807) is 0 Å². The molecule has 31 heavy (non-hydrogen) atoms. The minimum absolute atomic E-state index is 0.0769. The minimum Gasteiger partial charge on any atom is -0.464 e. The number of nitrogens with one attached hydrogen (secondary N) is 1. The van der Waals surface area contributed by atoms with Crippen molar-refractivity contribution in [3.63, 3.8) is 0 Å². The van der Waals surface area contributed by atoms with Crippen molar-refractivity contribution in [2.75, 3.05) is 26.3 Å². The largest absolute Gasteiger partial charge is 0.464 e. The molecule has 0 bridgehead atoms. The molecule has 3 heterocycles. The van der Waals surface area contributed by atoms with Crippen LogP contribution in [0.15, 0.2) is 34.9 Å². The van der Waals surface area contributed by atoms with E-state index in [2.05, 4.69) is 28.4 Å². The maximum Gasteiger partial charge on any atom is 0.225 e. The minimum atomic E-state index is 0.0769. The Morgan fingerprint density at radius 3 is 2.84 bits per heavy atom. The van der Waals surface area contributed by atoms with Gasteiger partial charge in [-0.15, -0.1) is 0 Å². The third kappa shape index (κ3) is 4.98. The Labute approximate surface area is 185 Å². The molecule has 3 aliphatic heterocycles. The van der Waals surface area contributed by atoms with Crippen LogP contribution in [-0.2, 0) is 9.53 Å². The summed E-state index contributed by atoms with van der Waals surface area (Å²) < 4.78 is 11.3. The van der Waals surface area contributed by atoms with Crippen LogP contribution in [0.3, 0.4) is 0 Å². The maximum absolute atomic E-state index is 12.4. The number of rotatable bonds is 6. The van der Waals surface area contributed by atoms with E-state index in [9.17, 15) is 4.79 Å². The summed E-state index contributed by atoms with van der Waals surface area (Å²) in [4.78, 5) is 15.0. The fraction of sp³-hybridized carbons (Fsp3) is 0.654. The first-order valence-electron chi connectivity index (χ1n) is 12.4. The summed E-state index contributed by atoms with van der Waals surface area (Å²) in [6.07, 6.45) is 12.7. The molecule has 2 unspecified atom stereocenters. The lowest BCUT2D eigenvalue weighted by Gasteiger charge is -2.37. The van der Waals surface area contributed by atoms with Gasteiger partial charge < -0.3 is 14.5 Å². The Kier molecular flexibility index (Phi) is 6.61. The molecule has 2 saturated heterocycles. The molecule has 0 aromatic rings. The molecule has 0 radical (unpaired) electrons. The van der Waals surface area contributed by atoms with Gasteiger partial charge in [-0.25, -0.2) is 0 Å². The second-order valence-electron chi connectivity index (χ2n) is 9.85. The molecule has 1 saturated carbocycles. The van der Waals surface area contributed by atoms with E-state index < -0.39 is 0 Å². The SMILES string of the molecule is O=C(N[C@H]1CC[C@H](CCN2CCCCC2c2coc3cccc-3c2)CC1)C1CCOC1. The molecule has 2 atom stereocenters. The lowest BCUT2D eigenvalue weighted by atomic mass is 9.83. The van der Waals surface area contributed by atoms with Gasteiger partial charge in [-0.05, 0) is 82.5 Å². The van der Waals surface area contributed by atoms with Crippen molar-refractivity contribution in [2.45, 2.75) is 69.9 Å². The van der Waals surface area contributed by atoms with Gasteiger partial charge in [0, 0.05) is 29.8 Å². The molecule has 5 rings (SSSR count). The van der Waals surface area contributed by atoms with Crippen LogP contribution in [-0.4, -0.2) is 43.2 Å². The second-order valence-corrected chi connectivity index (χ2v) is 9.85. The number of amides is 1. The number of ether oxygens (including phenoxy) is 1. The standard InChI is InChI=1S/C26H36N2O3/c29-26(21-12-15-30-17-21)27-23-9-7-19(8-10-23)11-14-28-13-2-1-5-24(28)22-16-20-4-3-6-25(20)31-18-22/h3-4,6,16,18-19,21,23-24H,1-2,5,7-15,17H2,(H,27,29)/t19-,21?,23-,24?. The van der Waals surface area contributed by atoms with Gasteiger partial charge in [0.1, 0.15) is 5.76 Å². The average Bonchev–Trinajstić information content (AvgIpc) is 3.50. The molecular formula is C26H36N2O3. The topological polar surface area (TPSA) is 54.7 Å². The summed E-state index contributed by atoms with van der Waals surface area (Å²) >= 11 is 0. The summed E-state index contributed by atoms with van der Waals surface area (Å²) in [5.74, 6) is 2.06. The average molecular weight is 425 g/mol. The highest BCUT2D eigenvalue weighted by Crippen LogP contribution is 2.36. The van der Waals surface area contributed by atoms with Crippen LogP contribution in [0.25, 0.3) is 11.3 Å². The van der Waals surface area contributed by atoms with Crippen LogP contribution in [0.1, 0.15) is 69.4 Å². The van der Waals surface area contributed by atoms with Crippen LogP contribution in [0.5, 0.6) is 0 Å². The number of piperidine rings is 1. The van der Waals surface area contributed by atoms with E-state index in [-0.39, 0.29) is 11.8 Å². The number of carbonyl (C=O) groups is 1. The Morgan fingerprint density at radius 2 is 2.00 bits per heavy atom. The van der Waals surface area contributed by atoms with Crippen molar-refractivity contribution in [3.05, 3.63) is 36.1 Å². The highest BCUT2D eigenvalue weighted by atomic mass is 16.5. The molecule has 168 valence electrons. The first kappa shape index (κ1) is 21.0. The van der Waals surface area contributed by atoms with Crippen LogP contribution >= 0.6 is 0 Å². The molecule has 1 N–H and O–H groups in total. The van der Waals surface area contributed by atoms with Crippen molar-refractivity contribution in [1.82, 2.24) is 10.2 Å². The van der Waals surface area contributed by atoms with Gasteiger partial charge in [0.2, 0.25) is 5.91 Å². The predicted molar refractivity (Wildman–Crippen MR) is 121 cm³/mol. The summed E-state index contributed by atoms with van der Waals surface area (Å²) in [6, 6.07) is 9.43. The second kappa shape index (κ2) is 9.74. The van der Waals surface area contributed by atoms with Gasteiger partial charge in [-0.2, -0.15) is 0 Å². The van der Waals surface area contributed by atoms with Crippen molar-refractivity contribution >= 4 is 5.91 Å². The molecule has 3 fully saturated rings. The smallest absolute Gasteiger partial charge is 0.225 e. The predicted octanol–water partition coefficient (Wildman–Crippen LogP) is 5.01. The first-order chi connectivity index (χ1) is 15.3. The monoisotopic (exact) mass is 424 g/mol. The number of fused-ring (bicyclic) bond motifs is 1. The van der Waals surface area contributed by atoms with Crippen molar-refractivity contribution < 1.29 is 13.9 Å². The van der Waals surface area contributed by atoms with Crippen LogP contribution in [0.2, 0.25) is 0 Å². The lowest BCUT2D eigenvalue weighted by Crippen LogP contribution is -2.41. The Bertz CT molecular complexity index is 820. The van der Waals surface area contributed by atoms with E-state index in [4.69, 9.17) is 9.15 Å². The number of hydrogen-bond acceptors (Lipinski definition) is 4. The van der Waals surface area contributed by atoms with Gasteiger partial charge >= 0.3 is 0 Å². The quantitative estimate of drug-likeness (QED) is 0.708. The Morgan fingerprint density at radius 1 is 1.10 bits per heavy atom. The van der Waals surface area contributed by atoms with Gasteiger partial charge in [0.05, 0.1) is 18.8 Å². The van der Waals surface area contributed by atoms with Gasteiger partial charge in [0.15, 0.2) is 0 Å². The fourth-order valence-electron chi connectivity index (χ4n) is 5.80. The van der Waals surface area contributed by atoms with Crippen molar-refractivity contribution in [1.29, 1.82) is 0 Å². The zero-order chi connectivity index (χ0) is 21.0. The highest BCUT2D eigenvalue weighted by molar-refractivity contribution is 5.79. The fourth-order valence-corrected chi connectivity index (χ4v) is 5.80. The zero-order valence-corrected chi connectivity index (χ0v) is 18.6. The molecule has 5 heteroatoms. The summed E-state index contributed by atoms with van der Waals surface area (Å²) in [6.45, 7) is 3.70. The zero-order valence-electron chi connectivity index (χ0n) is 18.6. The van der Waals surface area contributed by atoms with Crippen LogP contribution in [0.4, 0.5) is 0 Å². The lowest BCUT2D eigenvalue weighted by molar-refractivity contribution is -0.125. The number of carbonyl (C=O) groups excluding carboxylic acids is 1. The number of nitrogens with zero attached hydrogens (tertiary/aromatic N) is 1. The molecule has 5 aliphatic rings. The van der Waals surface area contributed by atoms with Crippen LogP contribution in [0, 0.1) is 11.8 Å². The van der Waals surface area contributed by atoms with Gasteiger partial charge in [0.25, 0.3) is 0 Å². The van der Waals surface area contributed by atoms with E-state index >= 15 is 0 Å². The molecule has 0 aromatic carbocycles. The van der Waals surface area contributed by atoms with Gasteiger partial charge in [-0.1, -0.05) is 18.6 Å². The van der Waals surface area contributed by atoms with Gasteiger partial charge in [-0.3, -0.25) is 9.69 Å². The number of hydrogen-bond donors (Lipinski definition) is 1. The molecule has 0 spiro atoms. The molecule has 5 nitrogen and oxygen atoms in total. The third-order valence-corrected chi connectivity index (χ3v) is 7.77. The molecule has 2 aliphatic carbocycles. The molecular weight excluding hydrogens is 388 g/mol. The van der Waals surface area contributed by atoms with Crippen molar-refractivity contribution in [2.24, 2.45) is 11.8 Å².